The van der Waals surface area contributed by atoms with Gasteiger partial charge in [0.1, 0.15) is 11.6 Å². The van der Waals surface area contributed by atoms with Gasteiger partial charge < -0.3 is 15.6 Å². The quantitative estimate of drug-likeness (QED) is 0.380. The van der Waals surface area contributed by atoms with Crippen LogP contribution < -0.4 is 10.5 Å². The number of rotatable bonds is 7. The summed E-state index contributed by atoms with van der Waals surface area (Å²) in [4.78, 5) is 10.3. The fraction of sp³-hybridized carbons (Fsp3) is 0.333. The third-order valence-electron chi connectivity index (χ3n) is 2.22. The first-order valence-corrected chi connectivity index (χ1v) is 5.38. The van der Waals surface area contributed by atoms with Gasteiger partial charge in [0.2, 0.25) is 0 Å². The molecule has 92 valence electrons. The van der Waals surface area contributed by atoms with Crippen LogP contribution >= 0.6 is 0 Å². The van der Waals surface area contributed by atoms with Gasteiger partial charge in [0.05, 0.1) is 6.61 Å². The molecule has 0 saturated heterocycles. The number of hydrogen-bond acceptors (Lipinski definition) is 3. The Morgan fingerprint density at radius 3 is 2.47 bits per heavy atom. The highest BCUT2D eigenvalue weighted by molar-refractivity contribution is 5.94. The van der Waals surface area contributed by atoms with Gasteiger partial charge in [-0.3, -0.25) is 10.2 Å². The molecule has 0 aliphatic heterocycles. The van der Waals surface area contributed by atoms with E-state index < -0.39 is 5.97 Å². The van der Waals surface area contributed by atoms with Crippen LogP contribution in [-0.2, 0) is 4.79 Å². The fourth-order valence-corrected chi connectivity index (χ4v) is 1.30. The standard InChI is InChI=1S/C12H16N2O3/c13-12(14)9-4-6-10(7-5-9)17-8-2-1-3-11(15)16/h4-7H,1-3,8H2,(H3,13,14)(H,15,16). The number of carbonyl (C=O) groups is 1. The highest BCUT2D eigenvalue weighted by atomic mass is 16.5. The fourth-order valence-electron chi connectivity index (χ4n) is 1.30. The summed E-state index contributed by atoms with van der Waals surface area (Å²) in [6.45, 7) is 0.493. The van der Waals surface area contributed by atoms with E-state index in [2.05, 4.69) is 0 Å². The zero-order valence-corrected chi connectivity index (χ0v) is 9.48. The van der Waals surface area contributed by atoms with Crippen molar-refractivity contribution in [1.29, 1.82) is 5.41 Å². The summed E-state index contributed by atoms with van der Waals surface area (Å²) in [7, 11) is 0. The van der Waals surface area contributed by atoms with Crippen molar-refractivity contribution in [3.63, 3.8) is 0 Å². The van der Waals surface area contributed by atoms with Crippen molar-refractivity contribution >= 4 is 11.8 Å². The lowest BCUT2D eigenvalue weighted by Crippen LogP contribution is -2.10. The van der Waals surface area contributed by atoms with Crippen molar-refractivity contribution in [2.24, 2.45) is 5.73 Å². The van der Waals surface area contributed by atoms with Crippen molar-refractivity contribution in [2.45, 2.75) is 19.3 Å². The number of nitrogen functional groups attached to an aromatic ring is 1. The largest absolute Gasteiger partial charge is 0.494 e. The second kappa shape index (κ2) is 6.52. The Bertz CT molecular complexity index is 387. The van der Waals surface area contributed by atoms with E-state index in [0.29, 0.717) is 30.8 Å². The number of unbranched alkanes of at least 4 members (excludes halogenated alkanes) is 1. The van der Waals surface area contributed by atoms with Crippen molar-refractivity contribution < 1.29 is 14.6 Å². The summed E-state index contributed by atoms with van der Waals surface area (Å²) in [5, 5.41) is 15.7. The first-order chi connectivity index (χ1) is 8.09. The molecule has 4 N–H and O–H groups in total. The Morgan fingerprint density at radius 2 is 1.94 bits per heavy atom. The summed E-state index contributed by atoms with van der Waals surface area (Å²) in [6.07, 6.45) is 1.49. The van der Waals surface area contributed by atoms with Crippen LogP contribution in [-0.4, -0.2) is 23.5 Å². The van der Waals surface area contributed by atoms with Crippen LogP contribution in [0, 0.1) is 5.41 Å². The topological polar surface area (TPSA) is 96.4 Å². The van der Waals surface area contributed by atoms with Crippen molar-refractivity contribution in [3.8, 4) is 5.75 Å². The van der Waals surface area contributed by atoms with E-state index in [4.69, 9.17) is 21.0 Å². The predicted octanol–water partition coefficient (Wildman–Crippen LogP) is 1.60. The smallest absolute Gasteiger partial charge is 0.303 e. The van der Waals surface area contributed by atoms with Gasteiger partial charge in [0.15, 0.2) is 0 Å². The van der Waals surface area contributed by atoms with Gasteiger partial charge in [-0.05, 0) is 37.1 Å². The monoisotopic (exact) mass is 236 g/mol. The lowest BCUT2D eigenvalue weighted by atomic mass is 10.2. The van der Waals surface area contributed by atoms with E-state index in [0.717, 1.165) is 0 Å². The Labute approximate surface area is 99.7 Å². The average Bonchev–Trinajstić information content (AvgIpc) is 2.29. The minimum atomic E-state index is -0.782. The molecule has 0 spiro atoms. The van der Waals surface area contributed by atoms with Gasteiger partial charge in [0, 0.05) is 12.0 Å². The maximum absolute atomic E-state index is 10.3. The minimum Gasteiger partial charge on any atom is -0.494 e. The lowest BCUT2D eigenvalue weighted by molar-refractivity contribution is -0.137. The third-order valence-corrected chi connectivity index (χ3v) is 2.22. The van der Waals surface area contributed by atoms with Crippen LogP contribution in [0.5, 0.6) is 5.75 Å². The number of hydrogen-bond donors (Lipinski definition) is 3. The summed E-state index contributed by atoms with van der Waals surface area (Å²) in [5.41, 5.74) is 5.97. The van der Waals surface area contributed by atoms with E-state index in [1.165, 1.54) is 0 Å². The van der Waals surface area contributed by atoms with Crippen LogP contribution in [0.2, 0.25) is 0 Å². The lowest BCUT2D eigenvalue weighted by Gasteiger charge is -2.06. The molecule has 0 unspecified atom stereocenters. The summed E-state index contributed by atoms with van der Waals surface area (Å²) in [5.74, 6) is -0.0563. The highest BCUT2D eigenvalue weighted by Crippen LogP contribution is 2.12. The molecular weight excluding hydrogens is 220 g/mol. The number of nitrogens with one attached hydrogen (secondary N) is 1. The number of nitrogens with two attached hydrogens (primary N) is 1. The van der Waals surface area contributed by atoms with E-state index >= 15 is 0 Å². The molecule has 0 radical (unpaired) electrons. The summed E-state index contributed by atoms with van der Waals surface area (Å²) < 4.78 is 5.42. The molecule has 0 amide bonds. The molecule has 5 heteroatoms. The molecule has 17 heavy (non-hydrogen) atoms. The third kappa shape index (κ3) is 5.01. The van der Waals surface area contributed by atoms with Gasteiger partial charge >= 0.3 is 5.97 Å². The number of benzene rings is 1. The summed E-state index contributed by atoms with van der Waals surface area (Å²) >= 11 is 0. The second-order valence-corrected chi connectivity index (χ2v) is 3.64. The normalized spacial score (nSPS) is 9.88. The molecule has 0 fully saturated rings. The molecule has 1 aromatic carbocycles. The molecule has 0 aliphatic carbocycles. The first kappa shape index (κ1) is 13.0. The van der Waals surface area contributed by atoms with Gasteiger partial charge in [-0.1, -0.05) is 0 Å². The molecule has 1 rings (SSSR count). The number of amidine groups is 1. The maximum Gasteiger partial charge on any atom is 0.303 e. The van der Waals surface area contributed by atoms with Crippen LogP contribution in [0.4, 0.5) is 0 Å². The SMILES string of the molecule is N=C(N)c1ccc(OCCCCC(=O)O)cc1. The van der Waals surface area contributed by atoms with Crippen LogP contribution in [0.15, 0.2) is 24.3 Å². The van der Waals surface area contributed by atoms with Crippen LogP contribution in [0.25, 0.3) is 0 Å². The first-order valence-electron chi connectivity index (χ1n) is 5.38. The molecule has 5 nitrogen and oxygen atoms in total. The maximum atomic E-state index is 10.3. The number of ether oxygens (including phenoxy) is 1. The number of carboxylic acid groups (broad SMARTS) is 1. The highest BCUT2D eigenvalue weighted by Gasteiger charge is 1.99. The van der Waals surface area contributed by atoms with Crippen LogP contribution in [0.3, 0.4) is 0 Å². The van der Waals surface area contributed by atoms with Gasteiger partial charge in [-0.2, -0.15) is 0 Å². The molecule has 0 heterocycles. The molecule has 0 aromatic heterocycles. The van der Waals surface area contributed by atoms with Crippen molar-refractivity contribution in [2.75, 3.05) is 6.61 Å². The average molecular weight is 236 g/mol. The Balaban J connectivity index is 2.27. The Hall–Kier alpha value is -2.04. The van der Waals surface area contributed by atoms with Crippen molar-refractivity contribution in [1.82, 2.24) is 0 Å². The van der Waals surface area contributed by atoms with E-state index in [9.17, 15) is 4.79 Å². The molecule has 0 aliphatic rings. The summed E-state index contributed by atoms with van der Waals surface area (Å²) in [6, 6.07) is 6.92. The zero-order valence-electron chi connectivity index (χ0n) is 9.48. The van der Waals surface area contributed by atoms with Gasteiger partial charge in [-0.25, -0.2) is 0 Å². The van der Waals surface area contributed by atoms with Crippen molar-refractivity contribution in [3.05, 3.63) is 29.8 Å². The minimum absolute atomic E-state index is 0.0259. The molecular formula is C12H16N2O3. The van der Waals surface area contributed by atoms with Crippen LogP contribution in [0.1, 0.15) is 24.8 Å². The van der Waals surface area contributed by atoms with E-state index in [1.807, 2.05) is 0 Å². The van der Waals surface area contributed by atoms with Gasteiger partial charge in [0.25, 0.3) is 0 Å². The number of carboxylic acids is 1. The Morgan fingerprint density at radius 1 is 1.29 bits per heavy atom. The van der Waals surface area contributed by atoms with Gasteiger partial charge in [-0.15, -0.1) is 0 Å². The molecule has 0 atom stereocenters. The zero-order chi connectivity index (χ0) is 12.7. The molecule has 0 bridgehead atoms. The van der Waals surface area contributed by atoms with E-state index in [1.54, 1.807) is 24.3 Å². The molecule has 0 saturated carbocycles. The Kier molecular flexibility index (Phi) is 5.00. The number of aliphatic carboxylic acids is 1. The second-order valence-electron chi connectivity index (χ2n) is 3.64. The predicted molar refractivity (Wildman–Crippen MR) is 64.4 cm³/mol. The molecule has 1 aromatic rings. The van der Waals surface area contributed by atoms with E-state index in [-0.39, 0.29) is 12.3 Å².